The number of para-hydroxylation sites is 1. The van der Waals surface area contributed by atoms with E-state index in [0.717, 1.165) is 35.1 Å². The van der Waals surface area contributed by atoms with Crippen LogP contribution in [0.2, 0.25) is 0 Å². The maximum atomic E-state index is 13.9. The number of nitro groups is 1. The second-order valence-corrected chi connectivity index (χ2v) is 6.86. The summed E-state index contributed by atoms with van der Waals surface area (Å²) in [4.78, 5) is 24.3. The first-order chi connectivity index (χ1) is 12.7. The number of nitro benzene ring substituents is 1. The molecule has 0 saturated heterocycles. The van der Waals surface area contributed by atoms with Crippen LogP contribution >= 0.6 is 0 Å². The first-order valence-electron chi connectivity index (χ1n) is 8.37. The van der Waals surface area contributed by atoms with Crippen molar-refractivity contribution in [1.29, 1.82) is 0 Å². The van der Waals surface area contributed by atoms with E-state index in [2.05, 4.69) is 0 Å². The molecular weight excluding hydrogens is 351 g/mol. The fourth-order valence-electron chi connectivity index (χ4n) is 3.32. The number of benzene rings is 2. The summed E-state index contributed by atoms with van der Waals surface area (Å²) < 4.78 is 19.1. The van der Waals surface area contributed by atoms with Gasteiger partial charge in [0.15, 0.2) is 24.0 Å². The van der Waals surface area contributed by atoms with Gasteiger partial charge < -0.3 is 9.64 Å². The molecule has 0 aliphatic carbocycles. The summed E-state index contributed by atoms with van der Waals surface area (Å²) in [5.41, 5.74) is 2.25. The Morgan fingerprint density at radius 3 is 2.63 bits per heavy atom. The Balaban J connectivity index is 1.75. The molecule has 1 aliphatic heterocycles. The fraction of sp³-hybridized carbons (Fsp3) is 0.250. The Kier molecular flexibility index (Phi) is 4.70. The Labute approximate surface area is 156 Å². The summed E-state index contributed by atoms with van der Waals surface area (Å²) in [6, 6.07) is 11.0. The normalized spacial score (nSPS) is 16.3. The van der Waals surface area contributed by atoms with Crippen LogP contribution in [-0.4, -0.2) is 24.4 Å². The summed E-state index contributed by atoms with van der Waals surface area (Å²) in [7, 11) is 1.89. The number of hydrogen-bond donors (Lipinski definition) is 0. The Morgan fingerprint density at radius 1 is 1.30 bits per heavy atom. The van der Waals surface area contributed by atoms with Gasteiger partial charge in [-0.05, 0) is 17.7 Å². The number of hydrogen-bond acceptors (Lipinski definition) is 5. The van der Waals surface area contributed by atoms with E-state index in [4.69, 9.17) is 4.74 Å². The summed E-state index contributed by atoms with van der Waals surface area (Å²) in [5, 5.41) is 10.6. The van der Waals surface area contributed by atoms with E-state index in [0.29, 0.717) is 0 Å². The topological polar surface area (TPSA) is 72.7 Å². The molecule has 0 atom stereocenters. The first kappa shape index (κ1) is 18.6. The van der Waals surface area contributed by atoms with Crippen molar-refractivity contribution in [3.63, 3.8) is 0 Å². The van der Waals surface area contributed by atoms with E-state index in [1.807, 2.05) is 50.1 Å². The van der Waals surface area contributed by atoms with Gasteiger partial charge in [0, 0.05) is 36.0 Å². The summed E-state index contributed by atoms with van der Waals surface area (Å²) in [6.07, 6.45) is 1.50. The van der Waals surface area contributed by atoms with Crippen LogP contribution in [0.4, 0.5) is 15.8 Å². The van der Waals surface area contributed by atoms with Gasteiger partial charge in [0.1, 0.15) is 0 Å². The van der Waals surface area contributed by atoms with Gasteiger partial charge in [0.25, 0.3) is 5.69 Å². The van der Waals surface area contributed by atoms with E-state index in [1.54, 1.807) is 0 Å². The predicted molar refractivity (Wildman–Crippen MR) is 99.5 cm³/mol. The van der Waals surface area contributed by atoms with Gasteiger partial charge in [-0.1, -0.05) is 32.0 Å². The SMILES string of the molecule is CN1/C(=C\C(=O)COc2ccc([N+](=O)[O-])cc2F)C(C)(C)c2ccccc21. The number of allylic oxidation sites excluding steroid dienone is 1. The number of ketones is 1. The van der Waals surface area contributed by atoms with E-state index in [9.17, 15) is 19.3 Å². The number of fused-ring (bicyclic) bond motifs is 1. The molecule has 0 fully saturated rings. The van der Waals surface area contributed by atoms with Crippen molar-refractivity contribution < 1.29 is 18.8 Å². The number of likely N-dealkylation sites (N-methyl/N-ethyl adjacent to an activating group) is 1. The van der Waals surface area contributed by atoms with Crippen LogP contribution in [0.3, 0.4) is 0 Å². The molecule has 0 amide bonds. The smallest absolute Gasteiger partial charge is 0.272 e. The summed E-state index contributed by atoms with van der Waals surface area (Å²) >= 11 is 0. The zero-order valence-corrected chi connectivity index (χ0v) is 15.2. The lowest BCUT2D eigenvalue weighted by molar-refractivity contribution is -0.385. The van der Waals surface area contributed by atoms with E-state index >= 15 is 0 Å². The van der Waals surface area contributed by atoms with Crippen molar-refractivity contribution in [2.75, 3.05) is 18.6 Å². The van der Waals surface area contributed by atoms with Gasteiger partial charge in [-0.25, -0.2) is 4.39 Å². The molecular formula is C20H19FN2O4. The van der Waals surface area contributed by atoms with Crippen LogP contribution in [-0.2, 0) is 10.2 Å². The Morgan fingerprint density at radius 2 is 2.00 bits per heavy atom. The number of halogens is 1. The molecule has 140 valence electrons. The molecule has 27 heavy (non-hydrogen) atoms. The lowest BCUT2D eigenvalue weighted by Crippen LogP contribution is -2.25. The minimum Gasteiger partial charge on any atom is -0.482 e. The van der Waals surface area contributed by atoms with Crippen molar-refractivity contribution in [2.24, 2.45) is 0 Å². The molecule has 0 N–H and O–H groups in total. The zero-order chi connectivity index (χ0) is 19.8. The maximum absolute atomic E-state index is 13.9. The number of non-ortho nitro benzene ring substituents is 1. The van der Waals surface area contributed by atoms with Crippen molar-refractivity contribution in [3.8, 4) is 5.75 Å². The number of carbonyl (C=O) groups is 1. The number of ether oxygens (including phenoxy) is 1. The van der Waals surface area contributed by atoms with E-state index in [-0.39, 0.29) is 29.2 Å². The molecule has 0 bridgehead atoms. The fourth-order valence-corrected chi connectivity index (χ4v) is 3.32. The molecule has 1 aliphatic rings. The third kappa shape index (κ3) is 3.40. The minimum absolute atomic E-state index is 0.199. The second kappa shape index (κ2) is 6.83. The highest BCUT2D eigenvalue weighted by molar-refractivity contribution is 5.93. The number of rotatable bonds is 5. The van der Waals surface area contributed by atoms with Crippen LogP contribution in [0, 0.1) is 15.9 Å². The number of nitrogens with zero attached hydrogens (tertiary/aromatic N) is 2. The average Bonchev–Trinajstić information content (AvgIpc) is 2.82. The van der Waals surface area contributed by atoms with Crippen molar-refractivity contribution >= 4 is 17.2 Å². The standard InChI is InChI=1S/C20H19FN2O4/c1-20(2)15-6-4-5-7-17(15)22(3)19(20)11-14(24)12-27-18-9-8-13(23(25)26)10-16(18)21/h4-11H,12H2,1-3H3/b19-11-. The summed E-state index contributed by atoms with van der Waals surface area (Å²) in [5.74, 6) is -1.40. The lowest BCUT2D eigenvalue weighted by Gasteiger charge is -2.23. The van der Waals surface area contributed by atoms with Crippen LogP contribution in [0.1, 0.15) is 19.4 Å². The van der Waals surface area contributed by atoms with Crippen molar-refractivity contribution in [1.82, 2.24) is 0 Å². The molecule has 0 aromatic heterocycles. The summed E-state index contributed by atoms with van der Waals surface area (Å²) in [6.45, 7) is 3.70. The molecule has 1 heterocycles. The highest BCUT2D eigenvalue weighted by atomic mass is 19.1. The van der Waals surface area contributed by atoms with E-state index < -0.39 is 10.7 Å². The number of anilines is 1. The highest BCUT2D eigenvalue weighted by Crippen LogP contribution is 2.46. The molecule has 6 nitrogen and oxygen atoms in total. The van der Waals surface area contributed by atoms with Crippen LogP contribution in [0.15, 0.2) is 54.2 Å². The Bertz CT molecular complexity index is 953. The second-order valence-electron chi connectivity index (χ2n) is 6.86. The lowest BCUT2D eigenvalue weighted by atomic mass is 9.83. The van der Waals surface area contributed by atoms with Crippen LogP contribution < -0.4 is 9.64 Å². The molecule has 7 heteroatoms. The van der Waals surface area contributed by atoms with Gasteiger partial charge in [0.2, 0.25) is 0 Å². The largest absolute Gasteiger partial charge is 0.482 e. The molecule has 0 spiro atoms. The van der Waals surface area contributed by atoms with Gasteiger partial charge in [-0.15, -0.1) is 0 Å². The first-order valence-corrected chi connectivity index (χ1v) is 8.37. The number of carbonyl (C=O) groups excluding carboxylic acids is 1. The molecule has 3 rings (SSSR count). The molecule has 2 aromatic carbocycles. The molecule has 0 radical (unpaired) electrons. The molecule has 0 saturated carbocycles. The van der Waals surface area contributed by atoms with Gasteiger partial charge in [0.05, 0.1) is 11.0 Å². The maximum Gasteiger partial charge on any atom is 0.272 e. The van der Waals surface area contributed by atoms with Crippen molar-refractivity contribution in [2.45, 2.75) is 19.3 Å². The molecule has 0 unspecified atom stereocenters. The Hall–Kier alpha value is -3.22. The third-order valence-corrected chi connectivity index (χ3v) is 4.73. The molecule has 2 aromatic rings. The van der Waals surface area contributed by atoms with Crippen LogP contribution in [0.5, 0.6) is 5.75 Å². The van der Waals surface area contributed by atoms with Gasteiger partial charge in [-0.2, -0.15) is 0 Å². The minimum atomic E-state index is -0.879. The van der Waals surface area contributed by atoms with Gasteiger partial charge in [-0.3, -0.25) is 14.9 Å². The average molecular weight is 370 g/mol. The quantitative estimate of drug-likeness (QED) is 0.452. The highest BCUT2D eigenvalue weighted by Gasteiger charge is 2.38. The third-order valence-electron chi connectivity index (χ3n) is 4.73. The zero-order valence-electron chi connectivity index (χ0n) is 15.2. The van der Waals surface area contributed by atoms with Crippen LogP contribution in [0.25, 0.3) is 0 Å². The van der Waals surface area contributed by atoms with Gasteiger partial charge >= 0.3 is 0 Å². The predicted octanol–water partition coefficient (Wildman–Crippen LogP) is 3.99. The van der Waals surface area contributed by atoms with Crippen molar-refractivity contribution in [3.05, 3.63) is 75.7 Å². The monoisotopic (exact) mass is 370 g/mol. The van der Waals surface area contributed by atoms with E-state index in [1.165, 1.54) is 6.08 Å².